The van der Waals surface area contributed by atoms with Gasteiger partial charge in [0.05, 0.1) is 18.9 Å². The standard InChI is InChI=1S/C19H20N6O2S/c26-19(24-17-13-28-18(22-17)14-3-2-6-20-11-14)23-16-5-1-4-15(21-16)12-25-7-9-27-10-8-25/h1-6,11,13H,7-10,12H2,(H2,21,23,24,26). The maximum Gasteiger partial charge on any atom is 0.326 e. The predicted molar refractivity (Wildman–Crippen MR) is 108 cm³/mol. The molecule has 1 fully saturated rings. The van der Waals surface area contributed by atoms with Gasteiger partial charge in [-0.05, 0) is 24.3 Å². The fourth-order valence-corrected chi connectivity index (χ4v) is 3.59. The van der Waals surface area contributed by atoms with Crippen LogP contribution in [-0.4, -0.2) is 52.2 Å². The van der Waals surface area contributed by atoms with Crippen LogP contribution in [0, 0.1) is 0 Å². The molecule has 0 aromatic carbocycles. The molecule has 0 aliphatic carbocycles. The largest absolute Gasteiger partial charge is 0.379 e. The van der Waals surface area contributed by atoms with Gasteiger partial charge in [-0.15, -0.1) is 11.3 Å². The van der Waals surface area contributed by atoms with E-state index in [2.05, 4.69) is 30.5 Å². The highest BCUT2D eigenvalue weighted by Gasteiger charge is 2.12. The van der Waals surface area contributed by atoms with Crippen LogP contribution in [-0.2, 0) is 11.3 Å². The summed E-state index contributed by atoms with van der Waals surface area (Å²) in [5, 5.41) is 8.10. The van der Waals surface area contributed by atoms with Gasteiger partial charge < -0.3 is 4.74 Å². The normalized spacial score (nSPS) is 14.6. The monoisotopic (exact) mass is 396 g/mol. The first kappa shape index (κ1) is 18.5. The molecule has 0 saturated carbocycles. The van der Waals surface area contributed by atoms with E-state index in [0.29, 0.717) is 11.6 Å². The van der Waals surface area contributed by atoms with Gasteiger partial charge in [-0.1, -0.05) is 6.07 Å². The molecule has 0 spiro atoms. The number of aromatic nitrogens is 3. The molecule has 8 nitrogen and oxygen atoms in total. The number of urea groups is 1. The highest BCUT2D eigenvalue weighted by molar-refractivity contribution is 7.13. The number of morpholine rings is 1. The Morgan fingerprint density at radius 3 is 2.79 bits per heavy atom. The molecule has 1 aliphatic rings. The third-order valence-electron chi connectivity index (χ3n) is 4.19. The number of nitrogens with zero attached hydrogens (tertiary/aromatic N) is 4. The summed E-state index contributed by atoms with van der Waals surface area (Å²) in [6.07, 6.45) is 3.45. The number of carbonyl (C=O) groups is 1. The van der Waals surface area contributed by atoms with Crippen LogP contribution in [0.15, 0.2) is 48.1 Å². The van der Waals surface area contributed by atoms with E-state index in [4.69, 9.17) is 4.74 Å². The van der Waals surface area contributed by atoms with Crippen molar-refractivity contribution >= 4 is 29.0 Å². The van der Waals surface area contributed by atoms with Crippen molar-refractivity contribution in [3.05, 3.63) is 53.8 Å². The summed E-state index contributed by atoms with van der Waals surface area (Å²) in [7, 11) is 0. The van der Waals surface area contributed by atoms with Crippen LogP contribution in [0.5, 0.6) is 0 Å². The third kappa shape index (κ3) is 4.89. The van der Waals surface area contributed by atoms with Gasteiger partial charge in [-0.25, -0.2) is 14.8 Å². The van der Waals surface area contributed by atoms with E-state index < -0.39 is 0 Å². The molecule has 4 heterocycles. The summed E-state index contributed by atoms with van der Waals surface area (Å²) in [4.78, 5) is 27.6. The summed E-state index contributed by atoms with van der Waals surface area (Å²) < 4.78 is 5.36. The highest BCUT2D eigenvalue weighted by atomic mass is 32.1. The van der Waals surface area contributed by atoms with Gasteiger partial charge in [-0.3, -0.25) is 20.5 Å². The van der Waals surface area contributed by atoms with Crippen molar-refractivity contribution in [1.29, 1.82) is 0 Å². The topological polar surface area (TPSA) is 92.3 Å². The van der Waals surface area contributed by atoms with Gasteiger partial charge in [0, 0.05) is 43.0 Å². The van der Waals surface area contributed by atoms with Crippen LogP contribution in [0.4, 0.5) is 16.4 Å². The van der Waals surface area contributed by atoms with Crippen LogP contribution < -0.4 is 10.6 Å². The SMILES string of the molecule is O=C(Nc1cccc(CN2CCOCC2)n1)Nc1csc(-c2cccnc2)n1. The lowest BCUT2D eigenvalue weighted by molar-refractivity contribution is 0.0337. The molecule has 0 unspecified atom stereocenters. The summed E-state index contributed by atoms with van der Waals surface area (Å²) in [5.74, 6) is 0.997. The molecule has 1 aliphatic heterocycles. The third-order valence-corrected chi connectivity index (χ3v) is 5.08. The van der Waals surface area contributed by atoms with Gasteiger partial charge in [0.15, 0.2) is 0 Å². The fourth-order valence-electron chi connectivity index (χ4n) is 2.84. The Hall–Kier alpha value is -2.88. The molecule has 0 atom stereocenters. The van der Waals surface area contributed by atoms with Crippen LogP contribution in [0.2, 0.25) is 0 Å². The molecule has 144 valence electrons. The first-order chi connectivity index (χ1) is 13.8. The zero-order valence-electron chi connectivity index (χ0n) is 15.2. The van der Waals surface area contributed by atoms with Crippen molar-refractivity contribution < 1.29 is 9.53 Å². The van der Waals surface area contributed by atoms with Gasteiger partial charge in [0.2, 0.25) is 0 Å². The molecule has 3 aromatic rings. The van der Waals surface area contributed by atoms with E-state index >= 15 is 0 Å². The molecule has 1 saturated heterocycles. The van der Waals surface area contributed by atoms with E-state index in [1.54, 1.807) is 23.8 Å². The van der Waals surface area contributed by atoms with Crippen LogP contribution in [0.1, 0.15) is 5.69 Å². The Labute approximate surface area is 166 Å². The van der Waals surface area contributed by atoms with Crippen molar-refractivity contribution in [1.82, 2.24) is 19.9 Å². The molecular formula is C19H20N6O2S. The van der Waals surface area contributed by atoms with Crippen LogP contribution >= 0.6 is 11.3 Å². The van der Waals surface area contributed by atoms with E-state index in [-0.39, 0.29) is 6.03 Å². The number of ether oxygens (including phenoxy) is 1. The van der Waals surface area contributed by atoms with Crippen molar-refractivity contribution in [3.8, 4) is 10.6 Å². The number of hydrogen-bond acceptors (Lipinski definition) is 7. The first-order valence-electron chi connectivity index (χ1n) is 8.96. The summed E-state index contributed by atoms with van der Waals surface area (Å²) >= 11 is 1.45. The first-order valence-corrected chi connectivity index (χ1v) is 9.84. The van der Waals surface area contributed by atoms with E-state index in [1.165, 1.54) is 11.3 Å². The number of pyridine rings is 2. The summed E-state index contributed by atoms with van der Waals surface area (Å²) in [6.45, 7) is 4.01. The smallest absolute Gasteiger partial charge is 0.326 e. The molecule has 9 heteroatoms. The van der Waals surface area contributed by atoms with Crippen LogP contribution in [0.3, 0.4) is 0 Å². The molecule has 28 heavy (non-hydrogen) atoms. The number of amides is 2. The molecule has 0 bridgehead atoms. The lowest BCUT2D eigenvalue weighted by atomic mass is 10.3. The zero-order chi connectivity index (χ0) is 19.2. The average Bonchev–Trinajstić information content (AvgIpc) is 3.18. The second-order valence-corrected chi connectivity index (χ2v) is 7.12. The predicted octanol–water partition coefficient (Wildman–Crippen LogP) is 3.08. The Morgan fingerprint density at radius 2 is 1.96 bits per heavy atom. The maximum atomic E-state index is 12.3. The van der Waals surface area contributed by atoms with E-state index in [1.807, 2.05) is 24.3 Å². The Morgan fingerprint density at radius 1 is 1.11 bits per heavy atom. The van der Waals surface area contributed by atoms with Crippen molar-refractivity contribution in [2.24, 2.45) is 0 Å². The maximum absolute atomic E-state index is 12.3. The summed E-state index contributed by atoms with van der Waals surface area (Å²) in [5.41, 5.74) is 1.82. The van der Waals surface area contributed by atoms with E-state index in [9.17, 15) is 4.79 Å². The zero-order valence-corrected chi connectivity index (χ0v) is 16.0. The minimum Gasteiger partial charge on any atom is -0.379 e. The number of nitrogens with one attached hydrogen (secondary N) is 2. The molecule has 0 radical (unpaired) electrons. The van der Waals surface area contributed by atoms with Crippen molar-refractivity contribution in [2.75, 3.05) is 36.9 Å². The molecule has 4 rings (SSSR count). The van der Waals surface area contributed by atoms with Crippen molar-refractivity contribution in [3.63, 3.8) is 0 Å². The number of carbonyl (C=O) groups excluding carboxylic acids is 1. The number of anilines is 2. The lowest BCUT2D eigenvalue weighted by Gasteiger charge is -2.26. The molecule has 3 aromatic heterocycles. The lowest BCUT2D eigenvalue weighted by Crippen LogP contribution is -2.35. The van der Waals surface area contributed by atoms with Crippen LogP contribution in [0.25, 0.3) is 10.6 Å². The number of rotatable bonds is 5. The second-order valence-electron chi connectivity index (χ2n) is 6.26. The van der Waals surface area contributed by atoms with Gasteiger partial charge >= 0.3 is 6.03 Å². The van der Waals surface area contributed by atoms with Gasteiger partial charge in [0.1, 0.15) is 16.6 Å². The minimum atomic E-state index is -0.376. The molecule has 2 amide bonds. The van der Waals surface area contributed by atoms with E-state index in [0.717, 1.165) is 49.1 Å². The minimum absolute atomic E-state index is 0.376. The number of hydrogen-bond donors (Lipinski definition) is 2. The highest BCUT2D eigenvalue weighted by Crippen LogP contribution is 2.25. The van der Waals surface area contributed by atoms with Crippen molar-refractivity contribution in [2.45, 2.75) is 6.54 Å². The van der Waals surface area contributed by atoms with Gasteiger partial charge in [0.25, 0.3) is 0 Å². The summed E-state index contributed by atoms with van der Waals surface area (Å²) in [6, 6.07) is 9.02. The molecular weight excluding hydrogens is 376 g/mol. The fraction of sp³-hybridized carbons (Fsp3) is 0.263. The number of thiazole rings is 1. The Kier molecular flexibility index (Phi) is 5.86. The quantitative estimate of drug-likeness (QED) is 0.689. The Balaban J connectivity index is 1.35. The second kappa shape index (κ2) is 8.87. The van der Waals surface area contributed by atoms with Gasteiger partial charge in [-0.2, -0.15) is 0 Å². The average molecular weight is 396 g/mol. The Bertz CT molecular complexity index is 927. The molecule has 2 N–H and O–H groups in total.